The molecule has 1 aliphatic rings. The molecule has 7 heteroatoms. The number of para-hydroxylation sites is 1. The molecule has 1 saturated heterocycles. The number of ketones is 1. The summed E-state index contributed by atoms with van der Waals surface area (Å²) < 4.78 is 2.35. The van der Waals surface area contributed by atoms with Gasteiger partial charge < -0.3 is 4.90 Å². The lowest BCUT2D eigenvalue weighted by molar-refractivity contribution is -0.364. The van der Waals surface area contributed by atoms with Crippen LogP contribution in [0.3, 0.4) is 0 Å². The van der Waals surface area contributed by atoms with Gasteiger partial charge in [0.15, 0.2) is 5.78 Å². The first-order valence-electron chi connectivity index (χ1n) is 9.73. The number of rotatable bonds is 4. The predicted octanol–water partition coefficient (Wildman–Crippen LogP) is 3.25. The summed E-state index contributed by atoms with van der Waals surface area (Å²) in [5.41, 5.74) is 2.39. The quantitative estimate of drug-likeness (QED) is 0.492. The first-order chi connectivity index (χ1) is 14.1. The Balaban J connectivity index is 1.68. The highest BCUT2D eigenvalue weighted by Crippen LogP contribution is 2.26. The van der Waals surface area contributed by atoms with Gasteiger partial charge >= 0.3 is 0 Å². The molecule has 3 heterocycles. The molecule has 1 N–H and O–H groups in total. The molecule has 3 aromatic rings. The fraction of sp³-hybridized carbons (Fsp3) is 0.273. The average molecular weight is 407 g/mol. The number of carbonyl (C=O) groups excluding carboxylic acids is 1. The van der Waals surface area contributed by atoms with Crippen LogP contribution in [0.1, 0.15) is 23.0 Å². The van der Waals surface area contributed by atoms with Crippen LogP contribution in [0.15, 0.2) is 54.7 Å². The lowest BCUT2D eigenvalue weighted by Crippen LogP contribution is -2.48. The Hall–Kier alpha value is -3.06. The zero-order valence-electron chi connectivity index (χ0n) is 16.6. The Bertz CT molecular complexity index is 1070. The summed E-state index contributed by atoms with van der Waals surface area (Å²) in [4.78, 5) is 25.1. The van der Waals surface area contributed by atoms with Crippen molar-refractivity contribution in [3.63, 3.8) is 0 Å². The standard InChI is InChI=1S/C22H23N5OS/c1-16-20(17(2)28)21(24-22(29)27(16)18-8-4-3-5-9-18)26-14-12-25(13-15-26)19-10-6-7-11-23-19/h3-11H,12-15H2,1-2H3/p+1. The smallest absolute Gasteiger partial charge is 0.274 e. The maximum absolute atomic E-state index is 12.6. The summed E-state index contributed by atoms with van der Waals surface area (Å²) in [6, 6.07) is 15.9. The first-order valence-corrected chi connectivity index (χ1v) is 10.1. The second-order valence-electron chi connectivity index (χ2n) is 7.13. The summed E-state index contributed by atoms with van der Waals surface area (Å²) in [6.45, 7) is 6.79. The van der Waals surface area contributed by atoms with Crippen molar-refractivity contribution >= 4 is 29.6 Å². The van der Waals surface area contributed by atoms with E-state index in [0.29, 0.717) is 16.2 Å². The third kappa shape index (κ3) is 3.78. The van der Waals surface area contributed by atoms with Crippen molar-refractivity contribution in [3.8, 4) is 5.69 Å². The Morgan fingerprint density at radius 1 is 1.00 bits per heavy atom. The number of Topliss-reactive ketones (excluding diaryl/α,β-unsaturated/α-hetero) is 1. The molecule has 4 rings (SSSR count). The minimum Gasteiger partial charge on any atom is -0.348 e. The van der Waals surface area contributed by atoms with Crippen molar-refractivity contribution < 1.29 is 9.78 Å². The highest BCUT2D eigenvalue weighted by Gasteiger charge is 2.28. The Morgan fingerprint density at radius 3 is 2.28 bits per heavy atom. The number of pyridine rings is 1. The zero-order valence-corrected chi connectivity index (χ0v) is 17.4. The van der Waals surface area contributed by atoms with Gasteiger partial charge in [-0.3, -0.25) is 14.3 Å². The van der Waals surface area contributed by atoms with Gasteiger partial charge in [0.25, 0.3) is 5.82 Å². The van der Waals surface area contributed by atoms with Crippen molar-refractivity contribution in [3.05, 3.63) is 70.8 Å². The summed E-state index contributed by atoms with van der Waals surface area (Å²) in [5, 5.41) is 0. The second-order valence-corrected chi connectivity index (χ2v) is 7.49. The lowest BCUT2D eigenvalue weighted by atomic mass is 10.1. The molecule has 0 atom stereocenters. The Morgan fingerprint density at radius 2 is 1.66 bits per heavy atom. The van der Waals surface area contributed by atoms with Crippen LogP contribution in [0, 0.1) is 11.7 Å². The van der Waals surface area contributed by atoms with Crippen LogP contribution >= 0.6 is 12.2 Å². The number of nitrogens with one attached hydrogen (secondary N) is 1. The molecule has 29 heavy (non-hydrogen) atoms. The normalized spacial score (nSPS) is 14.1. The Labute approximate surface area is 175 Å². The summed E-state index contributed by atoms with van der Waals surface area (Å²) in [5.74, 6) is 1.80. The predicted molar refractivity (Wildman–Crippen MR) is 117 cm³/mol. The number of anilines is 2. The fourth-order valence-corrected chi connectivity index (χ4v) is 4.20. The van der Waals surface area contributed by atoms with Gasteiger partial charge in [-0.15, -0.1) is 0 Å². The summed E-state index contributed by atoms with van der Waals surface area (Å²) >= 11 is 5.62. The molecule has 0 radical (unpaired) electrons. The molecule has 0 amide bonds. The molecule has 0 spiro atoms. The van der Waals surface area contributed by atoms with E-state index >= 15 is 0 Å². The van der Waals surface area contributed by atoms with Gasteiger partial charge in [-0.25, -0.2) is 9.97 Å². The third-order valence-electron chi connectivity index (χ3n) is 5.29. The van der Waals surface area contributed by atoms with E-state index < -0.39 is 0 Å². The minimum absolute atomic E-state index is 0.00324. The average Bonchev–Trinajstić information content (AvgIpc) is 2.74. The van der Waals surface area contributed by atoms with Crippen molar-refractivity contribution in [2.75, 3.05) is 36.0 Å². The van der Waals surface area contributed by atoms with Crippen molar-refractivity contribution in [2.24, 2.45) is 0 Å². The van der Waals surface area contributed by atoms with E-state index in [4.69, 9.17) is 17.2 Å². The van der Waals surface area contributed by atoms with Gasteiger partial charge in [0.05, 0.1) is 24.8 Å². The fourth-order valence-electron chi connectivity index (χ4n) is 3.88. The molecular formula is C22H24N5OS+. The molecule has 0 aliphatic carbocycles. The number of piperazine rings is 1. The molecule has 0 saturated carbocycles. The largest absolute Gasteiger partial charge is 0.348 e. The van der Waals surface area contributed by atoms with E-state index in [2.05, 4.69) is 20.9 Å². The number of aromatic amines is 1. The van der Waals surface area contributed by atoms with E-state index in [1.807, 2.05) is 60.2 Å². The molecule has 0 unspecified atom stereocenters. The molecule has 1 aromatic carbocycles. The van der Waals surface area contributed by atoms with E-state index in [-0.39, 0.29) is 5.78 Å². The molecule has 2 aromatic heterocycles. The number of benzene rings is 1. The van der Waals surface area contributed by atoms with Gasteiger partial charge in [0, 0.05) is 17.4 Å². The van der Waals surface area contributed by atoms with Crippen molar-refractivity contribution in [1.29, 1.82) is 0 Å². The molecule has 0 bridgehead atoms. The van der Waals surface area contributed by atoms with Crippen LogP contribution in [0.4, 0.5) is 11.6 Å². The van der Waals surface area contributed by atoms with Crippen LogP contribution < -0.4 is 14.8 Å². The van der Waals surface area contributed by atoms with Gasteiger partial charge in [-0.1, -0.05) is 24.3 Å². The topological polar surface area (TPSA) is 55.5 Å². The minimum atomic E-state index is 0.00324. The van der Waals surface area contributed by atoms with Crippen LogP contribution in [0.25, 0.3) is 5.69 Å². The maximum Gasteiger partial charge on any atom is 0.274 e. The number of hydrogen-bond donors (Lipinski definition) is 0. The van der Waals surface area contributed by atoms with E-state index in [1.54, 1.807) is 6.92 Å². The van der Waals surface area contributed by atoms with Crippen molar-refractivity contribution in [1.82, 2.24) is 9.55 Å². The van der Waals surface area contributed by atoms with E-state index in [1.165, 1.54) is 0 Å². The van der Waals surface area contributed by atoms with Gasteiger partial charge in [-0.2, -0.15) is 0 Å². The van der Waals surface area contributed by atoms with Crippen LogP contribution in [0.2, 0.25) is 0 Å². The zero-order chi connectivity index (χ0) is 20.4. The Kier molecular flexibility index (Phi) is 5.40. The lowest BCUT2D eigenvalue weighted by Gasteiger charge is -2.33. The van der Waals surface area contributed by atoms with Gasteiger partial charge in [0.2, 0.25) is 4.77 Å². The summed E-state index contributed by atoms with van der Waals surface area (Å²) in [6.07, 6.45) is 1.93. The van der Waals surface area contributed by atoms with Crippen LogP contribution in [-0.2, 0) is 0 Å². The van der Waals surface area contributed by atoms with Crippen LogP contribution in [-0.4, -0.2) is 41.5 Å². The number of aromatic nitrogens is 3. The van der Waals surface area contributed by atoms with E-state index in [0.717, 1.165) is 43.4 Å². The highest BCUT2D eigenvalue weighted by molar-refractivity contribution is 7.71. The SMILES string of the molecule is CC(=O)c1c(N2CCN(c3cccc[nH+]3)CC2)nc(=S)n(-c2ccccc2)c1C. The number of hydrogen-bond acceptors (Lipinski definition) is 5. The molecule has 6 nitrogen and oxygen atoms in total. The van der Waals surface area contributed by atoms with Gasteiger partial charge in [-0.05, 0) is 44.3 Å². The maximum atomic E-state index is 12.6. The van der Waals surface area contributed by atoms with Gasteiger partial charge in [0.1, 0.15) is 18.9 Å². The molecule has 1 aliphatic heterocycles. The third-order valence-corrected chi connectivity index (χ3v) is 5.57. The molecule has 1 fully saturated rings. The first kappa shape index (κ1) is 19.3. The number of nitrogens with zero attached hydrogens (tertiary/aromatic N) is 4. The second kappa shape index (κ2) is 8.13. The summed E-state index contributed by atoms with van der Waals surface area (Å²) in [7, 11) is 0. The highest BCUT2D eigenvalue weighted by atomic mass is 32.1. The van der Waals surface area contributed by atoms with Crippen molar-refractivity contribution in [2.45, 2.75) is 13.8 Å². The van der Waals surface area contributed by atoms with E-state index in [9.17, 15) is 4.79 Å². The molecule has 148 valence electrons. The molecular weight excluding hydrogens is 382 g/mol. The number of H-pyrrole nitrogens is 1. The monoisotopic (exact) mass is 406 g/mol. The van der Waals surface area contributed by atoms with Crippen LogP contribution in [0.5, 0.6) is 0 Å². The number of carbonyl (C=O) groups is 1.